The number of aliphatic hydroxyl groups is 1. The van der Waals surface area contributed by atoms with Gasteiger partial charge in [0.1, 0.15) is 0 Å². The third-order valence-electron chi connectivity index (χ3n) is 5.05. The average molecular weight is 535 g/mol. The average Bonchev–Trinajstić information content (AvgIpc) is 3.45. The van der Waals surface area contributed by atoms with Crippen molar-refractivity contribution in [1.29, 1.82) is 0 Å². The zero-order chi connectivity index (χ0) is 19.9. The minimum absolute atomic E-state index is 0. The summed E-state index contributed by atoms with van der Waals surface area (Å²) in [6.07, 6.45) is 2.43. The van der Waals surface area contributed by atoms with Gasteiger partial charge in [-0.15, -0.1) is 35.7 Å². The molecule has 3 rings (SSSR count). The van der Waals surface area contributed by atoms with Gasteiger partial charge in [-0.3, -0.25) is 9.89 Å². The van der Waals surface area contributed by atoms with E-state index in [1.807, 2.05) is 18.7 Å². The fraction of sp³-hybridized carbons (Fsp3) is 0.667. The Morgan fingerprint density at radius 1 is 1.24 bits per heavy atom. The molecule has 1 aliphatic heterocycles. The first-order chi connectivity index (χ1) is 13.5. The summed E-state index contributed by atoms with van der Waals surface area (Å²) in [4.78, 5) is 8.23. The maximum absolute atomic E-state index is 10.8. The van der Waals surface area contributed by atoms with Gasteiger partial charge in [-0.25, -0.2) is 0 Å². The van der Waals surface area contributed by atoms with Crippen LogP contribution in [0.1, 0.15) is 26.7 Å². The number of rotatable bonds is 9. The van der Waals surface area contributed by atoms with Gasteiger partial charge in [-0.05, 0) is 38.8 Å². The van der Waals surface area contributed by atoms with Crippen molar-refractivity contribution in [2.45, 2.75) is 41.9 Å². The Bertz CT molecular complexity index is 635. The summed E-state index contributed by atoms with van der Waals surface area (Å²) in [5, 5.41) is 17.6. The first-order valence-electron chi connectivity index (χ1n) is 10.3. The Balaban J connectivity index is 0.00000300. The van der Waals surface area contributed by atoms with E-state index in [1.165, 1.54) is 17.7 Å². The van der Waals surface area contributed by atoms with Gasteiger partial charge in [0.25, 0.3) is 0 Å². The summed E-state index contributed by atoms with van der Waals surface area (Å²) in [5.41, 5.74) is -0.851. The van der Waals surface area contributed by atoms with E-state index in [0.29, 0.717) is 13.1 Å². The number of nitrogens with one attached hydrogen (secondary N) is 2. The quantitative estimate of drug-likeness (QED) is 0.257. The summed E-state index contributed by atoms with van der Waals surface area (Å²) in [7, 11) is 0. The molecule has 1 saturated heterocycles. The number of thioether (sulfide) groups is 1. The fourth-order valence-corrected chi connectivity index (χ4v) is 4.56. The second-order valence-electron chi connectivity index (χ2n) is 8.03. The summed E-state index contributed by atoms with van der Waals surface area (Å²) >= 11 is 1.95. The van der Waals surface area contributed by atoms with Crippen molar-refractivity contribution in [2.75, 3.05) is 52.5 Å². The van der Waals surface area contributed by atoms with Crippen molar-refractivity contribution in [2.24, 2.45) is 4.99 Å². The zero-order valence-electron chi connectivity index (χ0n) is 17.5. The predicted octanol–water partition coefficient (Wildman–Crippen LogP) is 2.57. The van der Waals surface area contributed by atoms with Crippen LogP contribution < -0.4 is 10.6 Å². The van der Waals surface area contributed by atoms with Crippen molar-refractivity contribution < 1.29 is 9.84 Å². The number of benzene rings is 1. The van der Waals surface area contributed by atoms with Gasteiger partial charge in [0, 0.05) is 42.4 Å². The van der Waals surface area contributed by atoms with Gasteiger partial charge in [-0.1, -0.05) is 18.2 Å². The smallest absolute Gasteiger partial charge is 0.191 e. The Labute approximate surface area is 196 Å². The molecule has 3 N–H and O–H groups in total. The molecular formula is C21H35IN4O2S. The molecule has 8 heteroatoms. The van der Waals surface area contributed by atoms with E-state index in [-0.39, 0.29) is 28.7 Å². The standard InChI is InChI=1S/C21H34N4O2S.HI/c1-3-22-19(23-15-20(2,26)17-25-11-13-27-14-12-25)24-16-21(9-10-21)28-18-7-5-4-6-8-18;/h4-8,26H,3,9-17H2,1-2H3,(H2,22,23,24);1H. The number of ether oxygens (including phenoxy) is 1. The third-order valence-corrected chi connectivity index (χ3v) is 6.55. The van der Waals surface area contributed by atoms with Crippen LogP contribution in [-0.2, 0) is 4.74 Å². The molecule has 0 amide bonds. The molecule has 1 heterocycles. The highest BCUT2D eigenvalue weighted by Gasteiger charge is 2.43. The highest BCUT2D eigenvalue weighted by Crippen LogP contribution is 2.51. The van der Waals surface area contributed by atoms with Crippen LogP contribution in [0.3, 0.4) is 0 Å². The second kappa shape index (κ2) is 11.7. The van der Waals surface area contributed by atoms with Crippen LogP contribution in [0, 0.1) is 0 Å². The van der Waals surface area contributed by atoms with E-state index in [9.17, 15) is 5.11 Å². The van der Waals surface area contributed by atoms with Crippen molar-refractivity contribution >= 4 is 41.7 Å². The molecule has 1 aromatic carbocycles. The highest BCUT2D eigenvalue weighted by molar-refractivity contribution is 14.0. The lowest BCUT2D eigenvalue weighted by Crippen LogP contribution is -2.48. The van der Waals surface area contributed by atoms with Crippen molar-refractivity contribution in [3.05, 3.63) is 30.3 Å². The Morgan fingerprint density at radius 3 is 2.55 bits per heavy atom. The van der Waals surface area contributed by atoms with Crippen molar-refractivity contribution in [3.8, 4) is 0 Å². The topological polar surface area (TPSA) is 69.1 Å². The Kier molecular flexibility index (Phi) is 10.0. The number of hydrogen-bond acceptors (Lipinski definition) is 5. The minimum atomic E-state index is -0.851. The van der Waals surface area contributed by atoms with Crippen LogP contribution in [0.2, 0.25) is 0 Å². The molecule has 1 aliphatic carbocycles. The molecule has 1 unspecified atom stereocenters. The second-order valence-corrected chi connectivity index (χ2v) is 9.57. The largest absolute Gasteiger partial charge is 0.387 e. The fourth-order valence-electron chi connectivity index (χ4n) is 3.32. The monoisotopic (exact) mass is 534 g/mol. The molecule has 0 bridgehead atoms. The van der Waals surface area contributed by atoms with Crippen LogP contribution >= 0.6 is 35.7 Å². The van der Waals surface area contributed by atoms with Gasteiger partial charge in [0.05, 0.1) is 25.4 Å². The molecule has 29 heavy (non-hydrogen) atoms. The summed E-state index contributed by atoms with van der Waals surface area (Å²) < 4.78 is 5.64. The van der Waals surface area contributed by atoms with E-state index in [4.69, 9.17) is 4.74 Å². The molecular weight excluding hydrogens is 499 g/mol. The Hall–Kier alpha value is -0.550. The van der Waals surface area contributed by atoms with Crippen LogP contribution in [0.25, 0.3) is 0 Å². The number of aliphatic imine (C=N–C) groups is 1. The van der Waals surface area contributed by atoms with Crippen LogP contribution in [0.15, 0.2) is 40.2 Å². The normalized spacial score (nSPS) is 21.0. The summed E-state index contributed by atoms with van der Waals surface area (Å²) in [5.74, 6) is 0.782. The number of guanidine groups is 1. The molecule has 0 radical (unpaired) electrons. The van der Waals surface area contributed by atoms with Crippen LogP contribution in [0.5, 0.6) is 0 Å². The third kappa shape index (κ3) is 8.61. The van der Waals surface area contributed by atoms with Gasteiger partial charge in [-0.2, -0.15) is 0 Å². The number of morpholine rings is 1. The van der Waals surface area contributed by atoms with Gasteiger partial charge >= 0.3 is 0 Å². The molecule has 1 saturated carbocycles. The number of halogens is 1. The SMILES string of the molecule is CCNC(=NCC(C)(O)CN1CCOCC1)NCC1(Sc2ccccc2)CC1.I. The van der Waals surface area contributed by atoms with Crippen molar-refractivity contribution in [3.63, 3.8) is 0 Å². The molecule has 1 atom stereocenters. The summed E-state index contributed by atoms with van der Waals surface area (Å²) in [6, 6.07) is 10.6. The lowest BCUT2D eigenvalue weighted by atomic mass is 10.1. The zero-order valence-corrected chi connectivity index (χ0v) is 20.7. The van der Waals surface area contributed by atoms with Gasteiger partial charge in [0.15, 0.2) is 5.96 Å². The minimum Gasteiger partial charge on any atom is -0.387 e. The lowest BCUT2D eigenvalue weighted by Gasteiger charge is -2.33. The molecule has 2 aliphatic rings. The van der Waals surface area contributed by atoms with Crippen molar-refractivity contribution in [1.82, 2.24) is 15.5 Å². The maximum Gasteiger partial charge on any atom is 0.191 e. The van der Waals surface area contributed by atoms with E-state index in [2.05, 4.69) is 57.8 Å². The van der Waals surface area contributed by atoms with E-state index in [1.54, 1.807) is 0 Å². The van der Waals surface area contributed by atoms with Gasteiger partial charge in [0.2, 0.25) is 0 Å². The molecule has 164 valence electrons. The van der Waals surface area contributed by atoms with E-state index < -0.39 is 5.60 Å². The first kappa shape index (κ1) is 24.7. The maximum atomic E-state index is 10.8. The highest BCUT2D eigenvalue weighted by atomic mass is 127. The van der Waals surface area contributed by atoms with E-state index in [0.717, 1.165) is 45.4 Å². The first-order valence-corrected chi connectivity index (χ1v) is 11.1. The Morgan fingerprint density at radius 2 is 1.93 bits per heavy atom. The number of β-amino-alcohol motifs (C(OH)–C–C–N with tert-alkyl or cyclic N) is 1. The lowest BCUT2D eigenvalue weighted by molar-refractivity contribution is -0.0179. The predicted molar refractivity (Wildman–Crippen MR) is 132 cm³/mol. The van der Waals surface area contributed by atoms with Gasteiger partial charge < -0.3 is 20.5 Å². The molecule has 6 nitrogen and oxygen atoms in total. The molecule has 0 spiro atoms. The summed E-state index contributed by atoms with van der Waals surface area (Å²) in [6.45, 7) is 9.83. The van der Waals surface area contributed by atoms with E-state index >= 15 is 0 Å². The molecule has 0 aromatic heterocycles. The molecule has 1 aromatic rings. The number of nitrogens with zero attached hydrogens (tertiary/aromatic N) is 2. The molecule has 2 fully saturated rings. The number of hydrogen-bond donors (Lipinski definition) is 3. The van der Waals surface area contributed by atoms with Crippen LogP contribution in [0.4, 0.5) is 0 Å². The van der Waals surface area contributed by atoms with Crippen LogP contribution in [-0.4, -0.2) is 78.8 Å².